The highest BCUT2D eigenvalue weighted by atomic mass is 16.5. The van der Waals surface area contributed by atoms with Crippen LogP contribution < -0.4 is 5.32 Å². The van der Waals surface area contributed by atoms with E-state index in [1.807, 2.05) is 37.3 Å². The molecular weight excluding hydrogens is 376 g/mol. The molecule has 1 aromatic carbocycles. The minimum Gasteiger partial charge on any atom is -0.456 e. The van der Waals surface area contributed by atoms with Crippen LogP contribution in [0, 0.1) is 5.92 Å². The Morgan fingerprint density at radius 2 is 2.07 bits per heavy atom. The molecule has 2 aliphatic rings. The Balaban J connectivity index is 1.39. The quantitative estimate of drug-likeness (QED) is 0.594. The van der Waals surface area contributed by atoms with Crippen LogP contribution in [0.5, 0.6) is 0 Å². The maximum atomic E-state index is 12.9. The summed E-state index contributed by atoms with van der Waals surface area (Å²) in [5.41, 5.74) is -0.168. The number of ether oxygens (including phenoxy) is 1. The van der Waals surface area contributed by atoms with Gasteiger partial charge in [0.1, 0.15) is 12.1 Å². The van der Waals surface area contributed by atoms with Crippen molar-refractivity contribution in [1.29, 1.82) is 0 Å². The normalized spacial score (nSPS) is 24.0. The van der Waals surface area contributed by atoms with E-state index < -0.39 is 24.1 Å². The Bertz CT molecular complexity index is 930. The van der Waals surface area contributed by atoms with Crippen molar-refractivity contribution >= 4 is 17.9 Å². The SMILES string of the molecule is C[C@H]1CCCC[C@@]12NC(=O)N(CC(=O)OCc1nnnn1-c1ccccc1)C2=O. The van der Waals surface area contributed by atoms with Crippen molar-refractivity contribution in [2.45, 2.75) is 44.8 Å². The van der Waals surface area contributed by atoms with Gasteiger partial charge < -0.3 is 10.1 Å². The minimum atomic E-state index is -0.896. The number of esters is 1. The summed E-state index contributed by atoms with van der Waals surface area (Å²) in [4.78, 5) is 38.5. The predicted octanol–water partition coefficient (Wildman–Crippen LogP) is 1.21. The molecule has 0 bridgehead atoms. The first-order valence-electron chi connectivity index (χ1n) is 9.64. The first-order chi connectivity index (χ1) is 14.0. The van der Waals surface area contributed by atoms with Crippen molar-refractivity contribution in [3.63, 3.8) is 0 Å². The van der Waals surface area contributed by atoms with E-state index in [2.05, 4.69) is 20.8 Å². The largest absolute Gasteiger partial charge is 0.456 e. The van der Waals surface area contributed by atoms with Gasteiger partial charge in [0.2, 0.25) is 0 Å². The molecule has 10 nitrogen and oxygen atoms in total. The number of tetrazole rings is 1. The first kappa shape index (κ1) is 19.0. The Hall–Kier alpha value is -3.30. The minimum absolute atomic E-state index is 0.0317. The van der Waals surface area contributed by atoms with Gasteiger partial charge in [-0.3, -0.25) is 14.5 Å². The smallest absolute Gasteiger partial charge is 0.326 e. The highest BCUT2D eigenvalue weighted by Crippen LogP contribution is 2.38. The van der Waals surface area contributed by atoms with Gasteiger partial charge in [-0.1, -0.05) is 38.0 Å². The summed E-state index contributed by atoms with van der Waals surface area (Å²) >= 11 is 0. The summed E-state index contributed by atoms with van der Waals surface area (Å²) in [6.07, 6.45) is 3.36. The van der Waals surface area contributed by atoms with E-state index in [1.165, 1.54) is 4.68 Å². The van der Waals surface area contributed by atoms with Gasteiger partial charge in [0.25, 0.3) is 5.91 Å². The lowest BCUT2D eigenvalue weighted by atomic mass is 9.73. The van der Waals surface area contributed by atoms with Gasteiger partial charge in [0, 0.05) is 0 Å². The fraction of sp³-hybridized carbons (Fsp3) is 0.474. The second-order valence-electron chi connectivity index (χ2n) is 7.44. The number of hydrogen-bond donors (Lipinski definition) is 1. The van der Waals surface area contributed by atoms with E-state index in [9.17, 15) is 14.4 Å². The number of aromatic nitrogens is 4. The maximum absolute atomic E-state index is 12.9. The molecule has 4 rings (SSSR count). The van der Waals surface area contributed by atoms with Gasteiger partial charge in [-0.25, -0.2) is 4.79 Å². The third-order valence-electron chi connectivity index (χ3n) is 5.69. The summed E-state index contributed by atoms with van der Waals surface area (Å²) in [6.45, 7) is 1.35. The third kappa shape index (κ3) is 3.45. The fourth-order valence-corrected chi connectivity index (χ4v) is 4.02. The molecule has 1 aliphatic heterocycles. The van der Waals surface area contributed by atoms with E-state index in [0.717, 1.165) is 29.8 Å². The molecule has 1 aliphatic carbocycles. The molecule has 1 spiro atoms. The predicted molar refractivity (Wildman–Crippen MR) is 99.6 cm³/mol. The molecule has 152 valence electrons. The lowest BCUT2D eigenvalue weighted by Gasteiger charge is -2.36. The Morgan fingerprint density at radius 1 is 1.28 bits per heavy atom. The van der Waals surface area contributed by atoms with E-state index in [0.29, 0.717) is 12.2 Å². The molecule has 1 N–H and O–H groups in total. The number of urea groups is 1. The number of rotatable bonds is 5. The number of carbonyl (C=O) groups excluding carboxylic acids is 3. The number of hydrogen-bond acceptors (Lipinski definition) is 7. The van der Waals surface area contributed by atoms with Crippen LogP contribution in [-0.4, -0.2) is 55.1 Å². The Kier molecular flexibility index (Phi) is 4.99. The highest BCUT2D eigenvalue weighted by Gasteiger charge is 2.55. The molecule has 1 saturated carbocycles. The lowest BCUT2D eigenvalue weighted by molar-refractivity contribution is -0.149. The number of nitrogens with zero attached hydrogens (tertiary/aromatic N) is 5. The molecule has 10 heteroatoms. The molecule has 1 aromatic heterocycles. The summed E-state index contributed by atoms with van der Waals surface area (Å²) in [7, 11) is 0. The Labute approximate surface area is 167 Å². The number of carbonyl (C=O) groups is 3. The molecule has 29 heavy (non-hydrogen) atoms. The summed E-state index contributed by atoms with van der Waals surface area (Å²) in [5, 5.41) is 14.2. The number of benzene rings is 1. The zero-order chi connectivity index (χ0) is 20.4. The van der Waals surface area contributed by atoms with Gasteiger partial charge >= 0.3 is 12.0 Å². The van der Waals surface area contributed by atoms with Crippen LogP contribution in [0.1, 0.15) is 38.4 Å². The first-order valence-corrected chi connectivity index (χ1v) is 9.64. The van der Waals surface area contributed by atoms with Gasteiger partial charge in [0.15, 0.2) is 12.4 Å². The van der Waals surface area contributed by atoms with Crippen molar-refractivity contribution in [2.75, 3.05) is 6.54 Å². The van der Waals surface area contributed by atoms with Crippen LogP contribution in [0.3, 0.4) is 0 Å². The molecule has 2 heterocycles. The van der Waals surface area contributed by atoms with E-state index in [4.69, 9.17) is 4.74 Å². The average Bonchev–Trinajstić information content (AvgIpc) is 3.29. The number of amides is 3. The van der Waals surface area contributed by atoms with Crippen LogP contribution in [0.25, 0.3) is 5.69 Å². The van der Waals surface area contributed by atoms with E-state index in [1.54, 1.807) is 0 Å². The van der Waals surface area contributed by atoms with Crippen LogP contribution in [0.4, 0.5) is 4.79 Å². The molecule has 1 saturated heterocycles. The van der Waals surface area contributed by atoms with Gasteiger partial charge in [-0.05, 0) is 41.3 Å². The monoisotopic (exact) mass is 398 g/mol. The number of para-hydroxylation sites is 1. The van der Waals surface area contributed by atoms with Gasteiger partial charge in [0.05, 0.1) is 5.69 Å². The maximum Gasteiger partial charge on any atom is 0.326 e. The topological polar surface area (TPSA) is 119 Å². The molecule has 2 aromatic rings. The zero-order valence-corrected chi connectivity index (χ0v) is 16.1. The number of nitrogens with one attached hydrogen (secondary N) is 1. The van der Waals surface area contributed by atoms with Crippen molar-refractivity contribution in [3.8, 4) is 5.69 Å². The van der Waals surface area contributed by atoms with Gasteiger partial charge in [-0.2, -0.15) is 4.68 Å². The molecule has 3 amide bonds. The van der Waals surface area contributed by atoms with Gasteiger partial charge in [-0.15, -0.1) is 5.10 Å². The highest BCUT2D eigenvalue weighted by molar-refractivity contribution is 6.08. The third-order valence-corrected chi connectivity index (χ3v) is 5.69. The molecular formula is C19H22N6O4. The van der Waals surface area contributed by atoms with E-state index >= 15 is 0 Å². The molecule has 0 radical (unpaired) electrons. The molecule has 2 fully saturated rings. The van der Waals surface area contributed by atoms with Crippen LogP contribution in [0.2, 0.25) is 0 Å². The second kappa shape index (κ2) is 7.61. The summed E-state index contributed by atoms with van der Waals surface area (Å²) in [6, 6.07) is 8.64. The molecule has 0 unspecified atom stereocenters. The van der Waals surface area contributed by atoms with Crippen LogP contribution in [-0.2, 0) is 20.9 Å². The van der Waals surface area contributed by atoms with Crippen molar-refractivity contribution in [1.82, 2.24) is 30.4 Å². The van der Waals surface area contributed by atoms with Crippen molar-refractivity contribution < 1.29 is 19.1 Å². The standard InChI is InChI=1S/C19H22N6O4/c1-13-7-5-6-10-19(13)17(27)24(18(28)20-19)11-16(26)29-12-15-21-22-23-25(15)14-8-3-2-4-9-14/h2-4,8-9,13H,5-7,10-12H2,1H3,(H,20,28)/t13-,19+/m0/s1. The second-order valence-corrected chi connectivity index (χ2v) is 7.44. The zero-order valence-electron chi connectivity index (χ0n) is 16.1. The van der Waals surface area contributed by atoms with Crippen LogP contribution in [0.15, 0.2) is 30.3 Å². The van der Waals surface area contributed by atoms with Crippen molar-refractivity contribution in [2.24, 2.45) is 5.92 Å². The Morgan fingerprint density at radius 3 is 2.83 bits per heavy atom. The lowest BCUT2D eigenvalue weighted by Crippen LogP contribution is -2.54. The van der Waals surface area contributed by atoms with E-state index in [-0.39, 0.29) is 18.4 Å². The van der Waals surface area contributed by atoms with Crippen LogP contribution >= 0.6 is 0 Å². The van der Waals surface area contributed by atoms with Crippen molar-refractivity contribution in [3.05, 3.63) is 36.2 Å². The average molecular weight is 398 g/mol. The summed E-state index contributed by atoms with van der Waals surface area (Å²) < 4.78 is 6.69. The summed E-state index contributed by atoms with van der Waals surface area (Å²) in [5.74, 6) is -0.680. The molecule has 2 atom stereocenters. The fourth-order valence-electron chi connectivity index (χ4n) is 4.02. The number of imide groups is 1.